The average molecular weight is 199 g/mol. The van der Waals surface area contributed by atoms with Gasteiger partial charge < -0.3 is 10.1 Å². The molecule has 1 amide bonds. The zero-order chi connectivity index (χ0) is 11.0. The summed E-state index contributed by atoms with van der Waals surface area (Å²) in [6, 6.07) is 0. The van der Waals surface area contributed by atoms with E-state index in [-0.39, 0.29) is 23.0 Å². The Balaban J connectivity index is 2.55. The van der Waals surface area contributed by atoms with Crippen molar-refractivity contribution < 1.29 is 9.53 Å². The lowest BCUT2D eigenvalue weighted by atomic mass is 9.88. The first kappa shape index (κ1) is 11.5. The predicted molar refractivity (Wildman–Crippen MR) is 56.0 cm³/mol. The molecule has 14 heavy (non-hydrogen) atoms. The summed E-state index contributed by atoms with van der Waals surface area (Å²) in [6.07, 6.45) is 0.498. The summed E-state index contributed by atoms with van der Waals surface area (Å²) in [7, 11) is 0. The molecule has 0 aromatic carbocycles. The molecule has 1 N–H and O–H groups in total. The molecule has 3 nitrogen and oxygen atoms in total. The van der Waals surface area contributed by atoms with Crippen molar-refractivity contribution in [3.8, 4) is 0 Å². The largest absolute Gasteiger partial charge is 0.366 e. The summed E-state index contributed by atoms with van der Waals surface area (Å²) >= 11 is 0. The fourth-order valence-corrected chi connectivity index (χ4v) is 1.54. The number of rotatable bonds is 1. The van der Waals surface area contributed by atoms with Gasteiger partial charge in [-0.05, 0) is 25.7 Å². The van der Waals surface area contributed by atoms with E-state index in [0.29, 0.717) is 6.61 Å². The second-order valence-corrected chi connectivity index (χ2v) is 5.94. The number of carbonyl (C=O) groups is 1. The van der Waals surface area contributed by atoms with Crippen LogP contribution in [0, 0.1) is 5.41 Å². The third kappa shape index (κ3) is 3.29. The zero-order valence-electron chi connectivity index (χ0n) is 9.81. The van der Waals surface area contributed by atoms with E-state index in [1.807, 2.05) is 13.8 Å². The zero-order valence-corrected chi connectivity index (χ0v) is 9.81. The Morgan fingerprint density at radius 2 is 2.07 bits per heavy atom. The topological polar surface area (TPSA) is 38.3 Å². The van der Waals surface area contributed by atoms with E-state index < -0.39 is 0 Å². The predicted octanol–water partition coefficient (Wildman–Crippen LogP) is 1.72. The van der Waals surface area contributed by atoms with Crippen LogP contribution in [-0.2, 0) is 9.53 Å². The molecule has 1 saturated heterocycles. The van der Waals surface area contributed by atoms with Crippen LogP contribution in [0.15, 0.2) is 0 Å². The van der Waals surface area contributed by atoms with Gasteiger partial charge in [0.2, 0.25) is 5.91 Å². The second kappa shape index (κ2) is 3.54. The van der Waals surface area contributed by atoms with E-state index in [1.165, 1.54) is 0 Å². The molecule has 1 aliphatic heterocycles. The maximum absolute atomic E-state index is 11.7. The molecule has 0 aliphatic carbocycles. The number of ether oxygens (including phenoxy) is 1. The smallest absolute Gasteiger partial charge is 0.249 e. The lowest BCUT2D eigenvalue weighted by Crippen LogP contribution is -2.57. The Labute approximate surface area is 86.2 Å². The Kier molecular flexibility index (Phi) is 2.91. The third-order valence-electron chi connectivity index (χ3n) is 2.20. The molecule has 0 radical (unpaired) electrons. The molecule has 1 heterocycles. The van der Waals surface area contributed by atoms with Gasteiger partial charge in [-0.15, -0.1) is 0 Å². The Bertz CT molecular complexity index is 228. The van der Waals surface area contributed by atoms with E-state index in [2.05, 4.69) is 26.1 Å². The lowest BCUT2D eigenvalue weighted by molar-refractivity contribution is -0.146. The fraction of sp³-hybridized carbons (Fsp3) is 0.909. The van der Waals surface area contributed by atoms with Gasteiger partial charge in [0.15, 0.2) is 0 Å². The normalized spacial score (nSPS) is 27.2. The highest BCUT2D eigenvalue weighted by molar-refractivity contribution is 5.82. The van der Waals surface area contributed by atoms with Crippen molar-refractivity contribution in [3.63, 3.8) is 0 Å². The summed E-state index contributed by atoms with van der Waals surface area (Å²) in [5.41, 5.74) is -0.0883. The Hall–Kier alpha value is -0.570. The number of nitrogens with one attached hydrogen (secondary N) is 1. The van der Waals surface area contributed by atoms with Gasteiger partial charge >= 0.3 is 0 Å². The maximum Gasteiger partial charge on any atom is 0.249 e. The standard InChI is InChI=1S/C11H21NO2/c1-10(2,3)6-8-9(13)12-11(4,5)7-14-8/h8H,6-7H2,1-5H3,(H,12,13). The van der Waals surface area contributed by atoms with Crippen molar-refractivity contribution in [2.24, 2.45) is 5.41 Å². The van der Waals surface area contributed by atoms with Crippen LogP contribution in [0.5, 0.6) is 0 Å². The molecule has 0 bridgehead atoms. The summed E-state index contributed by atoms with van der Waals surface area (Å²) in [4.78, 5) is 11.7. The Morgan fingerprint density at radius 1 is 1.50 bits per heavy atom. The number of carbonyl (C=O) groups excluding carboxylic acids is 1. The summed E-state index contributed by atoms with van der Waals surface area (Å²) < 4.78 is 5.57. The molecule has 1 aliphatic rings. The molecule has 3 heteroatoms. The molecule has 0 spiro atoms. The van der Waals surface area contributed by atoms with Crippen molar-refractivity contribution in [3.05, 3.63) is 0 Å². The fourth-order valence-electron chi connectivity index (χ4n) is 1.54. The molecule has 0 aromatic rings. The second-order valence-electron chi connectivity index (χ2n) is 5.94. The molecule has 82 valence electrons. The van der Waals surface area contributed by atoms with E-state index in [4.69, 9.17) is 4.74 Å². The van der Waals surface area contributed by atoms with Gasteiger partial charge in [-0.1, -0.05) is 20.8 Å². The van der Waals surface area contributed by atoms with E-state index in [0.717, 1.165) is 6.42 Å². The van der Waals surface area contributed by atoms with Gasteiger partial charge in [-0.2, -0.15) is 0 Å². The summed E-state index contributed by atoms with van der Waals surface area (Å²) in [6.45, 7) is 10.9. The number of morpholine rings is 1. The quantitative estimate of drug-likeness (QED) is 0.698. The van der Waals surface area contributed by atoms with Gasteiger partial charge in [-0.25, -0.2) is 0 Å². The summed E-state index contributed by atoms with van der Waals surface area (Å²) in [5.74, 6) is 0.0242. The van der Waals surface area contributed by atoms with Gasteiger partial charge in [0, 0.05) is 0 Å². The van der Waals surface area contributed by atoms with Crippen LogP contribution in [0.2, 0.25) is 0 Å². The lowest BCUT2D eigenvalue weighted by Gasteiger charge is -2.37. The maximum atomic E-state index is 11.7. The highest BCUT2D eigenvalue weighted by atomic mass is 16.5. The minimum Gasteiger partial charge on any atom is -0.366 e. The van der Waals surface area contributed by atoms with Gasteiger partial charge in [0.05, 0.1) is 12.1 Å². The van der Waals surface area contributed by atoms with Crippen LogP contribution >= 0.6 is 0 Å². The van der Waals surface area contributed by atoms with Crippen molar-refractivity contribution in [1.82, 2.24) is 5.32 Å². The van der Waals surface area contributed by atoms with Crippen LogP contribution < -0.4 is 5.32 Å². The first-order valence-corrected chi connectivity index (χ1v) is 5.13. The van der Waals surface area contributed by atoms with Crippen LogP contribution in [0.3, 0.4) is 0 Å². The minimum absolute atomic E-state index is 0.0242. The molecule has 1 atom stereocenters. The van der Waals surface area contributed by atoms with Crippen molar-refractivity contribution in [2.45, 2.75) is 52.7 Å². The molecular formula is C11H21NO2. The van der Waals surface area contributed by atoms with Crippen molar-refractivity contribution in [2.75, 3.05) is 6.61 Å². The van der Waals surface area contributed by atoms with E-state index >= 15 is 0 Å². The molecule has 0 saturated carbocycles. The highest BCUT2D eigenvalue weighted by Crippen LogP contribution is 2.25. The number of amides is 1. The SMILES string of the molecule is CC(C)(C)CC1OCC(C)(C)NC1=O. The molecule has 0 aromatic heterocycles. The minimum atomic E-state index is -0.275. The highest BCUT2D eigenvalue weighted by Gasteiger charge is 2.35. The molecule has 1 unspecified atom stereocenters. The monoisotopic (exact) mass is 199 g/mol. The average Bonchev–Trinajstić information content (AvgIpc) is 1.92. The molecule has 1 rings (SSSR count). The van der Waals surface area contributed by atoms with Crippen LogP contribution in [0.1, 0.15) is 41.0 Å². The van der Waals surface area contributed by atoms with Crippen LogP contribution in [0.4, 0.5) is 0 Å². The van der Waals surface area contributed by atoms with Crippen molar-refractivity contribution in [1.29, 1.82) is 0 Å². The molecule has 1 fully saturated rings. The Morgan fingerprint density at radius 3 is 2.50 bits per heavy atom. The van der Waals surface area contributed by atoms with E-state index in [1.54, 1.807) is 0 Å². The van der Waals surface area contributed by atoms with Gasteiger partial charge in [0.25, 0.3) is 0 Å². The number of hydrogen-bond donors (Lipinski definition) is 1. The van der Waals surface area contributed by atoms with Crippen LogP contribution in [0.25, 0.3) is 0 Å². The first-order chi connectivity index (χ1) is 6.20. The van der Waals surface area contributed by atoms with Gasteiger partial charge in [-0.3, -0.25) is 4.79 Å². The van der Waals surface area contributed by atoms with Crippen LogP contribution in [-0.4, -0.2) is 24.2 Å². The third-order valence-corrected chi connectivity index (χ3v) is 2.20. The van der Waals surface area contributed by atoms with Crippen molar-refractivity contribution >= 4 is 5.91 Å². The number of hydrogen-bond acceptors (Lipinski definition) is 2. The summed E-state index contributed by atoms with van der Waals surface area (Å²) in [5, 5.41) is 2.96. The van der Waals surface area contributed by atoms with E-state index in [9.17, 15) is 4.79 Å². The first-order valence-electron chi connectivity index (χ1n) is 5.13. The molecular weight excluding hydrogens is 178 g/mol. The van der Waals surface area contributed by atoms with Gasteiger partial charge in [0.1, 0.15) is 6.10 Å².